The zero-order valence-electron chi connectivity index (χ0n) is 10.5. The standard InChI is InChI=1S/C14H14ClNO3/c1-2-19-14(18)11-7-8-12(17)16-13(11)9-3-5-10(15)6-4-9/h3-6H,2,7-8H2,1H3,(H,16,17). The first-order valence-corrected chi connectivity index (χ1v) is 6.45. The quantitative estimate of drug-likeness (QED) is 0.865. The monoisotopic (exact) mass is 279 g/mol. The van der Waals surface area contributed by atoms with Crippen molar-refractivity contribution in [3.63, 3.8) is 0 Å². The van der Waals surface area contributed by atoms with Gasteiger partial charge in [0.15, 0.2) is 0 Å². The zero-order valence-corrected chi connectivity index (χ0v) is 11.3. The summed E-state index contributed by atoms with van der Waals surface area (Å²) in [5, 5.41) is 3.34. The van der Waals surface area contributed by atoms with Gasteiger partial charge >= 0.3 is 5.97 Å². The van der Waals surface area contributed by atoms with Crippen molar-refractivity contribution in [1.29, 1.82) is 0 Å². The van der Waals surface area contributed by atoms with E-state index in [1.165, 1.54) is 0 Å². The Labute approximate surface area is 116 Å². The Kier molecular flexibility index (Phi) is 4.22. The Bertz CT molecular complexity index is 534. The molecule has 0 saturated carbocycles. The van der Waals surface area contributed by atoms with Crippen LogP contribution in [-0.2, 0) is 14.3 Å². The van der Waals surface area contributed by atoms with Gasteiger partial charge in [-0.25, -0.2) is 4.79 Å². The highest BCUT2D eigenvalue weighted by atomic mass is 35.5. The maximum absolute atomic E-state index is 11.9. The largest absolute Gasteiger partial charge is 0.463 e. The van der Waals surface area contributed by atoms with E-state index < -0.39 is 0 Å². The van der Waals surface area contributed by atoms with Gasteiger partial charge in [0.1, 0.15) is 0 Å². The number of rotatable bonds is 3. The first kappa shape index (κ1) is 13.6. The fourth-order valence-electron chi connectivity index (χ4n) is 1.93. The van der Waals surface area contributed by atoms with Gasteiger partial charge in [-0.3, -0.25) is 4.79 Å². The van der Waals surface area contributed by atoms with Crippen molar-refractivity contribution in [3.05, 3.63) is 40.4 Å². The number of amides is 1. The number of hydrogen-bond acceptors (Lipinski definition) is 3. The van der Waals surface area contributed by atoms with E-state index in [0.29, 0.717) is 35.7 Å². The second-order valence-corrected chi connectivity index (χ2v) is 4.57. The van der Waals surface area contributed by atoms with Crippen LogP contribution in [0.3, 0.4) is 0 Å². The van der Waals surface area contributed by atoms with Gasteiger partial charge in [0.05, 0.1) is 17.9 Å². The summed E-state index contributed by atoms with van der Waals surface area (Å²) in [5.74, 6) is -0.481. The van der Waals surface area contributed by atoms with Gasteiger partial charge in [0, 0.05) is 11.4 Å². The van der Waals surface area contributed by atoms with E-state index in [0.717, 1.165) is 5.56 Å². The fourth-order valence-corrected chi connectivity index (χ4v) is 2.05. The molecule has 1 aliphatic heterocycles. The van der Waals surface area contributed by atoms with Crippen molar-refractivity contribution in [1.82, 2.24) is 5.32 Å². The maximum atomic E-state index is 11.9. The number of nitrogens with one attached hydrogen (secondary N) is 1. The summed E-state index contributed by atoms with van der Waals surface area (Å²) in [6.45, 7) is 2.06. The molecule has 1 aromatic rings. The number of halogens is 1. The predicted molar refractivity (Wildman–Crippen MR) is 72.4 cm³/mol. The molecule has 0 aromatic heterocycles. The highest BCUT2D eigenvalue weighted by molar-refractivity contribution is 6.30. The second-order valence-electron chi connectivity index (χ2n) is 4.13. The summed E-state index contributed by atoms with van der Waals surface area (Å²) >= 11 is 5.83. The van der Waals surface area contributed by atoms with Crippen molar-refractivity contribution in [2.45, 2.75) is 19.8 Å². The van der Waals surface area contributed by atoms with Gasteiger partial charge in [-0.1, -0.05) is 23.7 Å². The Balaban J connectivity index is 2.41. The van der Waals surface area contributed by atoms with Gasteiger partial charge in [0.2, 0.25) is 5.91 Å². The summed E-state index contributed by atoms with van der Waals surface area (Å²) in [6.07, 6.45) is 0.688. The van der Waals surface area contributed by atoms with E-state index >= 15 is 0 Å². The van der Waals surface area contributed by atoms with Crippen LogP contribution < -0.4 is 5.32 Å². The molecule has 0 unspecified atom stereocenters. The summed E-state index contributed by atoms with van der Waals surface area (Å²) in [6, 6.07) is 6.96. The first-order valence-electron chi connectivity index (χ1n) is 6.08. The molecule has 0 spiro atoms. The van der Waals surface area contributed by atoms with Gasteiger partial charge in [-0.15, -0.1) is 0 Å². The number of esters is 1. The molecule has 1 N–H and O–H groups in total. The van der Waals surface area contributed by atoms with Crippen LogP contribution in [0.4, 0.5) is 0 Å². The molecule has 0 radical (unpaired) electrons. The van der Waals surface area contributed by atoms with Crippen molar-refractivity contribution in [2.24, 2.45) is 0 Å². The van der Waals surface area contributed by atoms with Crippen LogP contribution in [0.25, 0.3) is 5.70 Å². The smallest absolute Gasteiger partial charge is 0.336 e. The molecule has 0 saturated heterocycles. The maximum Gasteiger partial charge on any atom is 0.336 e. The highest BCUT2D eigenvalue weighted by Gasteiger charge is 2.24. The molecule has 0 bridgehead atoms. The lowest BCUT2D eigenvalue weighted by atomic mass is 9.98. The Hall–Kier alpha value is -1.81. The zero-order chi connectivity index (χ0) is 13.8. The average Bonchev–Trinajstić information content (AvgIpc) is 2.39. The first-order chi connectivity index (χ1) is 9.11. The molecule has 19 heavy (non-hydrogen) atoms. The topological polar surface area (TPSA) is 55.4 Å². The summed E-state index contributed by atoms with van der Waals surface area (Å²) in [5.41, 5.74) is 1.77. The molecular weight excluding hydrogens is 266 g/mol. The second kappa shape index (κ2) is 5.89. The van der Waals surface area contributed by atoms with E-state index in [-0.39, 0.29) is 11.9 Å². The van der Waals surface area contributed by atoms with Crippen LogP contribution in [0, 0.1) is 0 Å². The Morgan fingerprint density at radius 2 is 2.00 bits per heavy atom. The van der Waals surface area contributed by atoms with E-state index in [1.807, 2.05) is 0 Å². The van der Waals surface area contributed by atoms with Crippen LogP contribution in [0.2, 0.25) is 5.02 Å². The van der Waals surface area contributed by atoms with Crippen LogP contribution >= 0.6 is 11.6 Å². The van der Waals surface area contributed by atoms with E-state index in [4.69, 9.17) is 16.3 Å². The molecule has 0 fully saturated rings. The normalized spacial score (nSPS) is 15.2. The molecule has 5 heteroatoms. The van der Waals surface area contributed by atoms with Gasteiger partial charge in [-0.2, -0.15) is 0 Å². The van der Waals surface area contributed by atoms with Gasteiger partial charge < -0.3 is 10.1 Å². The lowest BCUT2D eigenvalue weighted by Gasteiger charge is -2.20. The number of hydrogen-bond donors (Lipinski definition) is 1. The minimum absolute atomic E-state index is 0.0991. The molecule has 2 rings (SSSR count). The molecule has 1 amide bonds. The number of benzene rings is 1. The summed E-state index contributed by atoms with van der Waals surface area (Å²) in [4.78, 5) is 23.4. The van der Waals surface area contributed by atoms with Crippen LogP contribution in [0.15, 0.2) is 29.8 Å². The van der Waals surface area contributed by atoms with Gasteiger partial charge in [-0.05, 0) is 31.0 Å². The lowest BCUT2D eigenvalue weighted by Crippen LogP contribution is -2.30. The molecule has 100 valence electrons. The number of ether oxygens (including phenoxy) is 1. The lowest BCUT2D eigenvalue weighted by molar-refractivity contribution is -0.138. The molecule has 4 nitrogen and oxygen atoms in total. The third kappa shape index (κ3) is 3.15. The Morgan fingerprint density at radius 1 is 1.32 bits per heavy atom. The average molecular weight is 280 g/mol. The van der Waals surface area contributed by atoms with E-state index in [2.05, 4.69) is 5.32 Å². The number of carbonyl (C=O) groups excluding carboxylic acids is 2. The van der Waals surface area contributed by atoms with Crippen LogP contribution in [0.1, 0.15) is 25.3 Å². The van der Waals surface area contributed by atoms with Crippen molar-refractivity contribution in [3.8, 4) is 0 Å². The number of carbonyl (C=O) groups is 2. The Morgan fingerprint density at radius 3 is 2.63 bits per heavy atom. The fraction of sp³-hybridized carbons (Fsp3) is 0.286. The highest BCUT2D eigenvalue weighted by Crippen LogP contribution is 2.25. The van der Waals surface area contributed by atoms with E-state index in [9.17, 15) is 9.59 Å². The third-order valence-electron chi connectivity index (χ3n) is 2.82. The molecule has 1 heterocycles. The molecule has 1 aliphatic rings. The van der Waals surface area contributed by atoms with Crippen molar-refractivity contribution >= 4 is 29.2 Å². The third-order valence-corrected chi connectivity index (χ3v) is 3.07. The molecule has 1 aromatic carbocycles. The van der Waals surface area contributed by atoms with Crippen LogP contribution in [0.5, 0.6) is 0 Å². The summed E-state index contributed by atoms with van der Waals surface area (Å²) < 4.78 is 5.02. The van der Waals surface area contributed by atoms with Crippen LogP contribution in [-0.4, -0.2) is 18.5 Å². The van der Waals surface area contributed by atoms with Crippen molar-refractivity contribution in [2.75, 3.05) is 6.61 Å². The van der Waals surface area contributed by atoms with Gasteiger partial charge in [0.25, 0.3) is 0 Å². The molecular formula is C14H14ClNO3. The minimum Gasteiger partial charge on any atom is -0.463 e. The molecule has 0 aliphatic carbocycles. The minimum atomic E-state index is -0.382. The summed E-state index contributed by atoms with van der Waals surface area (Å²) in [7, 11) is 0. The van der Waals surface area contributed by atoms with Crippen molar-refractivity contribution < 1.29 is 14.3 Å². The SMILES string of the molecule is CCOC(=O)C1=C(c2ccc(Cl)cc2)NC(=O)CC1. The predicted octanol–water partition coefficient (Wildman–Crippen LogP) is 2.52. The molecule has 0 atom stereocenters. The van der Waals surface area contributed by atoms with E-state index in [1.54, 1.807) is 31.2 Å².